The average molecular weight is 274 g/mol. The van der Waals surface area contributed by atoms with E-state index in [1.165, 1.54) is 24.3 Å². The zero-order chi connectivity index (χ0) is 14.5. The Hall–Kier alpha value is -2.10. The smallest absolute Gasteiger partial charge is 0.306 e. The Labute approximate surface area is 107 Å². The van der Waals surface area contributed by atoms with E-state index < -0.39 is 18.3 Å². The summed E-state index contributed by atoms with van der Waals surface area (Å²) in [4.78, 5) is 12.0. The van der Waals surface area contributed by atoms with Crippen molar-refractivity contribution in [3.05, 3.63) is 30.3 Å². The van der Waals surface area contributed by atoms with Crippen molar-refractivity contribution in [3.8, 4) is 6.07 Å². The molecule has 0 N–H and O–H groups in total. The molecule has 0 saturated heterocycles. The van der Waals surface area contributed by atoms with Crippen LogP contribution in [0.25, 0.3) is 0 Å². The van der Waals surface area contributed by atoms with E-state index in [1.807, 2.05) is 0 Å². The van der Waals surface area contributed by atoms with Crippen LogP contribution in [0.1, 0.15) is 6.42 Å². The summed E-state index contributed by atoms with van der Waals surface area (Å²) in [5.41, 5.74) is 0.0445. The SMILES string of the molecule is N#CCCN(C(=O)C(F)(F)C(F)F)c1ccccc1. The molecule has 1 aromatic carbocycles. The van der Waals surface area contributed by atoms with Gasteiger partial charge < -0.3 is 4.90 Å². The number of carbonyl (C=O) groups excluding carboxylic acids is 1. The summed E-state index contributed by atoms with van der Waals surface area (Å²) in [6.07, 6.45) is -4.33. The van der Waals surface area contributed by atoms with Crippen LogP contribution >= 0.6 is 0 Å². The lowest BCUT2D eigenvalue weighted by Crippen LogP contribution is -2.48. The Bertz CT molecular complexity index is 470. The summed E-state index contributed by atoms with van der Waals surface area (Å²) in [7, 11) is 0. The maximum Gasteiger partial charge on any atom is 0.384 e. The lowest BCUT2D eigenvalue weighted by molar-refractivity contribution is -0.166. The first-order valence-electron chi connectivity index (χ1n) is 5.31. The van der Waals surface area contributed by atoms with E-state index >= 15 is 0 Å². The highest BCUT2D eigenvalue weighted by Crippen LogP contribution is 2.28. The van der Waals surface area contributed by atoms with E-state index in [-0.39, 0.29) is 18.7 Å². The molecular weight excluding hydrogens is 264 g/mol. The topological polar surface area (TPSA) is 44.1 Å². The molecule has 0 aliphatic carbocycles. The Balaban J connectivity index is 3.05. The average Bonchev–Trinajstić information content (AvgIpc) is 2.40. The number of alkyl halides is 4. The number of nitriles is 1. The van der Waals surface area contributed by atoms with Crippen molar-refractivity contribution in [2.75, 3.05) is 11.4 Å². The second-order valence-electron chi connectivity index (χ2n) is 3.62. The summed E-state index contributed by atoms with van der Waals surface area (Å²) < 4.78 is 50.6. The minimum atomic E-state index is -4.77. The van der Waals surface area contributed by atoms with Crippen molar-refractivity contribution in [2.24, 2.45) is 0 Å². The van der Waals surface area contributed by atoms with Gasteiger partial charge in [-0.25, -0.2) is 8.78 Å². The first kappa shape index (κ1) is 15.0. The van der Waals surface area contributed by atoms with E-state index in [2.05, 4.69) is 0 Å². The van der Waals surface area contributed by atoms with Crippen molar-refractivity contribution >= 4 is 11.6 Å². The summed E-state index contributed by atoms with van der Waals surface area (Å²) in [5, 5.41) is 8.43. The van der Waals surface area contributed by atoms with Gasteiger partial charge in [-0.15, -0.1) is 0 Å². The molecule has 0 saturated carbocycles. The zero-order valence-corrected chi connectivity index (χ0v) is 9.69. The molecule has 102 valence electrons. The van der Waals surface area contributed by atoms with Gasteiger partial charge in [0.15, 0.2) is 0 Å². The lowest BCUT2D eigenvalue weighted by atomic mass is 10.2. The molecule has 0 aliphatic rings. The fraction of sp³-hybridized carbons (Fsp3) is 0.333. The third-order valence-electron chi connectivity index (χ3n) is 2.32. The molecule has 0 radical (unpaired) electrons. The van der Waals surface area contributed by atoms with Crippen LogP contribution in [-0.2, 0) is 4.79 Å². The van der Waals surface area contributed by atoms with Gasteiger partial charge in [-0.2, -0.15) is 14.0 Å². The number of hydrogen-bond donors (Lipinski definition) is 0. The standard InChI is InChI=1S/C12H10F4N2O/c13-10(14)12(15,16)11(19)18(8-4-7-17)9-5-2-1-3-6-9/h1-3,5-6,10H,4,8H2. The molecule has 1 amide bonds. The van der Waals surface area contributed by atoms with E-state index in [9.17, 15) is 22.4 Å². The maximum atomic E-state index is 13.1. The first-order chi connectivity index (χ1) is 8.91. The number of halogens is 4. The van der Waals surface area contributed by atoms with Gasteiger partial charge in [-0.05, 0) is 12.1 Å². The van der Waals surface area contributed by atoms with Gasteiger partial charge >= 0.3 is 18.3 Å². The highest BCUT2D eigenvalue weighted by molar-refractivity contribution is 5.98. The van der Waals surface area contributed by atoms with Gasteiger partial charge in [0.05, 0.1) is 12.5 Å². The third kappa shape index (κ3) is 3.44. The first-order valence-corrected chi connectivity index (χ1v) is 5.31. The Kier molecular flexibility index (Phi) is 4.87. The largest absolute Gasteiger partial charge is 0.384 e. The van der Waals surface area contributed by atoms with Crippen LogP contribution in [0.15, 0.2) is 30.3 Å². The summed E-state index contributed by atoms with van der Waals surface area (Å²) in [6, 6.07) is 8.87. The Morgan fingerprint density at radius 2 is 1.89 bits per heavy atom. The molecule has 7 heteroatoms. The van der Waals surface area contributed by atoms with E-state index in [4.69, 9.17) is 5.26 Å². The lowest BCUT2D eigenvalue weighted by Gasteiger charge is -2.26. The fourth-order valence-electron chi connectivity index (χ4n) is 1.39. The predicted molar refractivity (Wildman–Crippen MR) is 60.0 cm³/mol. The number of amides is 1. The molecule has 0 aliphatic heterocycles. The van der Waals surface area contributed by atoms with Crippen molar-refractivity contribution in [2.45, 2.75) is 18.8 Å². The predicted octanol–water partition coefficient (Wildman–Crippen LogP) is 2.83. The van der Waals surface area contributed by atoms with E-state index in [0.29, 0.717) is 4.90 Å². The molecule has 0 fully saturated rings. The molecular formula is C12H10F4N2O. The molecule has 0 heterocycles. The molecule has 1 rings (SSSR count). The maximum absolute atomic E-state index is 13.1. The molecule has 0 spiro atoms. The highest BCUT2D eigenvalue weighted by Gasteiger charge is 2.51. The van der Waals surface area contributed by atoms with Crippen molar-refractivity contribution < 1.29 is 22.4 Å². The molecule has 0 bridgehead atoms. The molecule has 1 aromatic rings. The number of carbonyl (C=O) groups is 1. The van der Waals surface area contributed by atoms with Crippen LogP contribution in [0.5, 0.6) is 0 Å². The minimum Gasteiger partial charge on any atom is -0.306 e. The quantitative estimate of drug-likeness (QED) is 0.775. The number of hydrogen-bond acceptors (Lipinski definition) is 2. The van der Waals surface area contributed by atoms with Crippen LogP contribution in [0.2, 0.25) is 0 Å². The molecule has 0 atom stereocenters. The number of para-hydroxylation sites is 1. The third-order valence-corrected chi connectivity index (χ3v) is 2.32. The van der Waals surface area contributed by atoms with Gasteiger partial charge in [-0.3, -0.25) is 4.79 Å². The number of anilines is 1. The van der Waals surface area contributed by atoms with Crippen molar-refractivity contribution in [3.63, 3.8) is 0 Å². The van der Waals surface area contributed by atoms with Crippen LogP contribution in [-0.4, -0.2) is 24.8 Å². The van der Waals surface area contributed by atoms with Crippen LogP contribution in [0.3, 0.4) is 0 Å². The Morgan fingerprint density at radius 1 is 1.32 bits per heavy atom. The molecule has 0 aromatic heterocycles. The van der Waals surface area contributed by atoms with Gasteiger partial charge in [-0.1, -0.05) is 18.2 Å². The van der Waals surface area contributed by atoms with E-state index in [0.717, 1.165) is 0 Å². The Morgan fingerprint density at radius 3 is 2.37 bits per heavy atom. The monoisotopic (exact) mass is 274 g/mol. The van der Waals surface area contributed by atoms with Crippen LogP contribution < -0.4 is 4.90 Å². The summed E-state index contributed by atoms with van der Waals surface area (Å²) in [5.74, 6) is -6.78. The minimum absolute atomic E-state index is 0.0445. The summed E-state index contributed by atoms with van der Waals surface area (Å²) in [6.45, 7) is -0.373. The number of nitrogens with zero attached hydrogens (tertiary/aromatic N) is 2. The van der Waals surface area contributed by atoms with Crippen LogP contribution in [0, 0.1) is 11.3 Å². The zero-order valence-electron chi connectivity index (χ0n) is 9.69. The summed E-state index contributed by atoms with van der Waals surface area (Å²) >= 11 is 0. The normalized spacial score (nSPS) is 11.2. The molecule has 19 heavy (non-hydrogen) atoms. The van der Waals surface area contributed by atoms with Gasteiger partial charge in [0.1, 0.15) is 0 Å². The van der Waals surface area contributed by atoms with Crippen molar-refractivity contribution in [1.29, 1.82) is 5.26 Å². The number of benzene rings is 1. The second-order valence-corrected chi connectivity index (χ2v) is 3.62. The van der Waals surface area contributed by atoms with E-state index in [1.54, 1.807) is 12.1 Å². The molecule has 0 unspecified atom stereocenters. The highest BCUT2D eigenvalue weighted by atomic mass is 19.3. The van der Waals surface area contributed by atoms with Gasteiger partial charge in [0.2, 0.25) is 0 Å². The number of rotatable bonds is 5. The van der Waals surface area contributed by atoms with Crippen LogP contribution in [0.4, 0.5) is 23.2 Å². The van der Waals surface area contributed by atoms with Crippen molar-refractivity contribution in [1.82, 2.24) is 0 Å². The molecule has 3 nitrogen and oxygen atoms in total. The van der Waals surface area contributed by atoms with Gasteiger partial charge in [0, 0.05) is 12.2 Å². The van der Waals surface area contributed by atoms with Gasteiger partial charge in [0.25, 0.3) is 0 Å². The fourth-order valence-corrected chi connectivity index (χ4v) is 1.39. The second kappa shape index (κ2) is 6.18.